The molecule has 0 aromatic heterocycles. The predicted molar refractivity (Wildman–Crippen MR) is 126 cm³/mol. The van der Waals surface area contributed by atoms with Gasteiger partial charge in [0, 0.05) is 5.75 Å². The molecule has 0 aliphatic rings. The summed E-state index contributed by atoms with van der Waals surface area (Å²) in [7, 11) is 0. The second kappa shape index (κ2) is 24.0. The van der Waals surface area contributed by atoms with Crippen LogP contribution in [0.4, 0.5) is 0 Å². The fraction of sp³-hybridized carbons (Fsp3) is 0.958. The van der Waals surface area contributed by atoms with Gasteiger partial charge in [0.25, 0.3) is 0 Å². The quantitative estimate of drug-likeness (QED) is 0.147. The van der Waals surface area contributed by atoms with Crippen molar-refractivity contribution in [2.24, 2.45) is 0 Å². The van der Waals surface area contributed by atoms with Gasteiger partial charge in [-0.2, -0.15) is 11.8 Å². The van der Waals surface area contributed by atoms with Crippen LogP contribution in [-0.4, -0.2) is 47.0 Å². The summed E-state index contributed by atoms with van der Waals surface area (Å²) in [5, 5.41) is 17.8. The van der Waals surface area contributed by atoms with E-state index < -0.39 is 6.10 Å². The third kappa shape index (κ3) is 23.9. The number of ether oxygens (including phenoxy) is 1. The summed E-state index contributed by atoms with van der Waals surface area (Å²) in [5.41, 5.74) is 0. The lowest BCUT2D eigenvalue weighted by Crippen LogP contribution is -2.22. The van der Waals surface area contributed by atoms with Crippen LogP contribution in [0.15, 0.2) is 0 Å². The summed E-state index contributed by atoms with van der Waals surface area (Å²) in [4.78, 5) is 11.4. The van der Waals surface area contributed by atoms with E-state index in [0.29, 0.717) is 6.42 Å². The van der Waals surface area contributed by atoms with E-state index in [0.717, 1.165) is 11.5 Å². The van der Waals surface area contributed by atoms with Crippen LogP contribution in [-0.2, 0) is 9.53 Å². The number of rotatable bonds is 23. The highest BCUT2D eigenvalue weighted by Gasteiger charge is 2.07. The van der Waals surface area contributed by atoms with Crippen molar-refractivity contribution >= 4 is 17.7 Å². The van der Waals surface area contributed by atoms with Gasteiger partial charge in [-0.1, -0.05) is 103 Å². The largest absolute Gasteiger partial charge is 0.463 e. The summed E-state index contributed by atoms with van der Waals surface area (Å²) < 4.78 is 4.87. The molecule has 1 unspecified atom stereocenters. The summed E-state index contributed by atoms with van der Waals surface area (Å²) in [5.74, 6) is 1.58. The Kier molecular flexibility index (Phi) is 23.8. The fourth-order valence-corrected chi connectivity index (χ4v) is 4.25. The predicted octanol–water partition coefficient (Wildman–Crippen LogP) is 6.27. The molecule has 0 aromatic rings. The first-order valence-electron chi connectivity index (χ1n) is 12.2. The molecule has 0 spiro atoms. The zero-order valence-electron chi connectivity index (χ0n) is 19.0. The van der Waals surface area contributed by atoms with Gasteiger partial charge in [-0.05, 0) is 12.2 Å². The Hall–Kier alpha value is -0.260. The minimum Gasteiger partial charge on any atom is -0.463 e. The highest BCUT2D eigenvalue weighted by Crippen LogP contribution is 2.14. The van der Waals surface area contributed by atoms with Gasteiger partial charge in [-0.15, -0.1) is 0 Å². The number of unbranched alkanes of at least 4 members (excludes halogenated alkanes) is 15. The van der Waals surface area contributed by atoms with E-state index in [1.54, 1.807) is 11.8 Å². The van der Waals surface area contributed by atoms with Crippen LogP contribution in [0, 0.1) is 0 Å². The minimum atomic E-state index is -0.961. The number of hydrogen-bond donors (Lipinski definition) is 2. The van der Waals surface area contributed by atoms with Crippen LogP contribution in [0.1, 0.15) is 116 Å². The lowest BCUT2D eigenvalue weighted by atomic mass is 10.0. The molecule has 0 aliphatic heterocycles. The van der Waals surface area contributed by atoms with E-state index in [1.807, 2.05) is 0 Å². The monoisotopic (exact) mass is 432 g/mol. The Morgan fingerprint density at radius 2 is 1.21 bits per heavy atom. The highest BCUT2D eigenvalue weighted by atomic mass is 32.2. The average molecular weight is 433 g/mol. The van der Waals surface area contributed by atoms with E-state index >= 15 is 0 Å². The van der Waals surface area contributed by atoms with Crippen LogP contribution >= 0.6 is 11.8 Å². The molecule has 0 heterocycles. The fourth-order valence-electron chi connectivity index (χ4n) is 3.32. The number of aliphatic hydroxyl groups is 2. The lowest BCUT2D eigenvalue weighted by molar-refractivity contribution is -0.146. The summed E-state index contributed by atoms with van der Waals surface area (Å²) in [6, 6.07) is 0. The van der Waals surface area contributed by atoms with Crippen molar-refractivity contribution in [3.8, 4) is 0 Å². The maximum atomic E-state index is 11.4. The molecule has 2 N–H and O–H groups in total. The van der Waals surface area contributed by atoms with Crippen molar-refractivity contribution in [2.45, 2.75) is 122 Å². The minimum absolute atomic E-state index is 0.112. The molecule has 1 atom stereocenters. The van der Waals surface area contributed by atoms with Gasteiger partial charge in [0.1, 0.15) is 12.7 Å². The Balaban J connectivity index is 3.11. The zero-order valence-corrected chi connectivity index (χ0v) is 19.9. The first-order valence-corrected chi connectivity index (χ1v) is 13.4. The van der Waals surface area contributed by atoms with E-state index in [2.05, 4.69) is 6.92 Å². The summed E-state index contributed by atoms with van der Waals surface area (Å²) in [6.07, 6.45) is 21.6. The molecule has 5 heteroatoms. The van der Waals surface area contributed by atoms with Crippen LogP contribution in [0.5, 0.6) is 0 Å². The average Bonchev–Trinajstić information content (AvgIpc) is 2.73. The Morgan fingerprint density at radius 3 is 1.66 bits per heavy atom. The number of carbonyl (C=O) groups is 1. The molecular weight excluding hydrogens is 384 g/mol. The van der Waals surface area contributed by atoms with Gasteiger partial charge in [0.2, 0.25) is 0 Å². The summed E-state index contributed by atoms with van der Waals surface area (Å²) >= 11 is 1.80. The van der Waals surface area contributed by atoms with E-state index in [4.69, 9.17) is 14.9 Å². The Labute approximate surface area is 184 Å². The molecule has 0 fully saturated rings. The molecule has 0 bridgehead atoms. The first-order chi connectivity index (χ1) is 14.2. The topological polar surface area (TPSA) is 66.8 Å². The Bertz CT molecular complexity index is 339. The smallest absolute Gasteiger partial charge is 0.306 e. The van der Waals surface area contributed by atoms with Gasteiger partial charge >= 0.3 is 5.97 Å². The normalized spacial score (nSPS) is 12.2. The first kappa shape index (κ1) is 28.7. The molecule has 174 valence electrons. The van der Waals surface area contributed by atoms with Crippen molar-refractivity contribution in [1.29, 1.82) is 0 Å². The van der Waals surface area contributed by atoms with E-state index in [9.17, 15) is 4.79 Å². The van der Waals surface area contributed by atoms with Crippen molar-refractivity contribution in [3.63, 3.8) is 0 Å². The SMILES string of the molecule is CCCCCCCCCCCCCCCCCCSCCC(=O)OCC(O)CO. The number of thioether (sulfide) groups is 1. The number of aliphatic hydroxyl groups excluding tert-OH is 2. The molecule has 29 heavy (non-hydrogen) atoms. The standard InChI is InChI=1S/C24H48O4S/c1-2-3-4-5-6-7-8-9-10-11-12-13-14-15-16-17-19-29-20-18-24(27)28-22-23(26)21-25/h23,25-26H,2-22H2,1H3. The van der Waals surface area contributed by atoms with Gasteiger partial charge in [0.05, 0.1) is 13.0 Å². The van der Waals surface area contributed by atoms with Gasteiger partial charge in [0.15, 0.2) is 0 Å². The van der Waals surface area contributed by atoms with Gasteiger partial charge < -0.3 is 14.9 Å². The number of esters is 1. The molecule has 0 aromatic carbocycles. The van der Waals surface area contributed by atoms with Gasteiger partial charge in [-0.25, -0.2) is 0 Å². The van der Waals surface area contributed by atoms with E-state index in [1.165, 1.54) is 103 Å². The number of carbonyl (C=O) groups excluding carboxylic acids is 1. The molecular formula is C24H48O4S. The number of hydrogen-bond acceptors (Lipinski definition) is 5. The van der Waals surface area contributed by atoms with Crippen molar-refractivity contribution < 1.29 is 19.7 Å². The molecule has 0 saturated carbocycles. The third-order valence-corrected chi connectivity index (χ3v) is 6.31. The van der Waals surface area contributed by atoms with Crippen molar-refractivity contribution in [1.82, 2.24) is 0 Å². The zero-order chi connectivity index (χ0) is 21.4. The van der Waals surface area contributed by atoms with Crippen molar-refractivity contribution in [3.05, 3.63) is 0 Å². The molecule has 0 saturated heterocycles. The summed E-state index contributed by atoms with van der Waals surface area (Å²) in [6.45, 7) is 1.79. The lowest BCUT2D eigenvalue weighted by Gasteiger charge is -2.08. The highest BCUT2D eigenvalue weighted by molar-refractivity contribution is 7.99. The van der Waals surface area contributed by atoms with Crippen LogP contribution in [0.3, 0.4) is 0 Å². The van der Waals surface area contributed by atoms with Crippen LogP contribution in [0.2, 0.25) is 0 Å². The van der Waals surface area contributed by atoms with Crippen LogP contribution in [0.25, 0.3) is 0 Å². The van der Waals surface area contributed by atoms with Crippen molar-refractivity contribution in [2.75, 3.05) is 24.7 Å². The maximum absolute atomic E-state index is 11.4. The van der Waals surface area contributed by atoms with Gasteiger partial charge in [-0.3, -0.25) is 4.79 Å². The second-order valence-corrected chi connectivity index (χ2v) is 9.41. The Morgan fingerprint density at radius 1 is 0.759 bits per heavy atom. The second-order valence-electron chi connectivity index (χ2n) is 8.19. The van der Waals surface area contributed by atoms with Crippen LogP contribution < -0.4 is 0 Å². The molecule has 4 nitrogen and oxygen atoms in total. The molecule has 0 aliphatic carbocycles. The third-order valence-electron chi connectivity index (χ3n) is 5.24. The molecule has 0 radical (unpaired) electrons. The maximum Gasteiger partial charge on any atom is 0.306 e. The molecule has 0 amide bonds. The molecule has 0 rings (SSSR count). The van der Waals surface area contributed by atoms with E-state index in [-0.39, 0.29) is 19.2 Å².